The Hall–Kier alpha value is -2.41. The number of carboxylic acids is 1. The van der Waals surface area contributed by atoms with Crippen molar-refractivity contribution in [2.75, 3.05) is 18.5 Å². The maximum absolute atomic E-state index is 11.8. The number of benzene rings is 1. The van der Waals surface area contributed by atoms with Crippen molar-refractivity contribution < 1.29 is 24.2 Å². The number of aliphatic carboxylic acids is 1. The predicted molar refractivity (Wildman–Crippen MR) is 76.1 cm³/mol. The molecule has 0 heterocycles. The maximum atomic E-state index is 11.8. The van der Waals surface area contributed by atoms with Gasteiger partial charge >= 0.3 is 5.97 Å². The van der Waals surface area contributed by atoms with Gasteiger partial charge < -0.3 is 20.5 Å². The fourth-order valence-electron chi connectivity index (χ4n) is 1.51. The average molecular weight is 294 g/mol. The molecule has 7 heteroatoms. The summed E-state index contributed by atoms with van der Waals surface area (Å²) < 4.78 is 4.67. The van der Waals surface area contributed by atoms with Crippen molar-refractivity contribution in [2.45, 2.75) is 19.9 Å². The maximum Gasteiger partial charge on any atom is 0.329 e. The lowest BCUT2D eigenvalue weighted by atomic mass is 10.2. The highest BCUT2D eigenvalue weighted by atomic mass is 16.5. The molecule has 0 spiro atoms. The van der Waals surface area contributed by atoms with Crippen molar-refractivity contribution in [3.8, 4) is 0 Å². The lowest BCUT2D eigenvalue weighted by Gasteiger charge is -2.10. The van der Waals surface area contributed by atoms with Crippen LogP contribution in [0, 0.1) is 0 Å². The van der Waals surface area contributed by atoms with Gasteiger partial charge in [0.05, 0.1) is 0 Å². The smallest absolute Gasteiger partial charge is 0.329 e. The molecule has 3 N–H and O–H groups in total. The summed E-state index contributed by atoms with van der Waals surface area (Å²) in [7, 11) is 0. The van der Waals surface area contributed by atoms with Gasteiger partial charge in [0.2, 0.25) is 5.91 Å². The quantitative estimate of drug-likeness (QED) is 0.692. The second-order valence-electron chi connectivity index (χ2n) is 4.64. The van der Waals surface area contributed by atoms with Crippen molar-refractivity contribution in [3.63, 3.8) is 0 Å². The fraction of sp³-hybridized carbons (Fsp3) is 0.357. The third-order valence-corrected chi connectivity index (χ3v) is 2.29. The first-order valence-corrected chi connectivity index (χ1v) is 6.39. The Morgan fingerprint density at radius 2 is 1.95 bits per heavy atom. The second-order valence-corrected chi connectivity index (χ2v) is 4.64. The largest absolute Gasteiger partial charge is 0.480 e. The van der Waals surface area contributed by atoms with E-state index in [9.17, 15) is 14.4 Å². The van der Waals surface area contributed by atoms with Crippen LogP contribution in [0.25, 0.3) is 0 Å². The van der Waals surface area contributed by atoms with E-state index in [1.165, 1.54) is 6.07 Å². The van der Waals surface area contributed by atoms with E-state index in [4.69, 9.17) is 5.11 Å². The first kappa shape index (κ1) is 16.6. The van der Waals surface area contributed by atoms with E-state index in [1.54, 1.807) is 18.2 Å². The SMILES string of the molecule is CC(C)NC(=O)c1cccc(NC(=O)COCC(=O)O)c1. The highest BCUT2D eigenvalue weighted by molar-refractivity contribution is 5.97. The van der Waals surface area contributed by atoms with Crippen molar-refractivity contribution in [1.29, 1.82) is 0 Å². The molecule has 0 radical (unpaired) electrons. The Balaban J connectivity index is 2.58. The summed E-state index contributed by atoms with van der Waals surface area (Å²) in [4.78, 5) is 33.6. The number of carbonyl (C=O) groups excluding carboxylic acids is 2. The van der Waals surface area contributed by atoms with E-state index >= 15 is 0 Å². The van der Waals surface area contributed by atoms with Crippen LogP contribution in [0.2, 0.25) is 0 Å². The second kappa shape index (κ2) is 8.01. The molecule has 114 valence electrons. The summed E-state index contributed by atoms with van der Waals surface area (Å²) in [5, 5.41) is 13.7. The number of anilines is 1. The molecule has 7 nitrogen and oxygen atoms in total. The summed E-state index contributed by atoms with van der Waals surface area (Å²) in [5.41, 5.74) is 0.864. The molecule has 0 atom stereocenters. The Morgan fingerprint density at radius 3 is 2.57 bits per heavy atom. The fourth-order valence-corrected chi connectivity index (χ4v) is 1.51. The van der Waals surface area contributed by atoms with Gasteiger partial charge in [-0.2, -0.15) is 0 Å². The van der Waals surface area contributed by atoms with E-state index in [-0.39, 0.29) is 18.6 Å². The number of hydrogen-bond acceptors (Lipinski definition) is 4. The molecule has 1 aromatic carbocycles. The van der Waals surface area contributed by atoms with E-state index in [2.05, 4.69) is 15.4 Å². The normalized spacial score (nSPS) is 10.2. The van der Waals surface area contributed by atoms with Crippen molar-refractivity contribution in [1.82, 2.24) is 5.32 Å². The number of nitrogens with one attached hydrogen (secondary N) is 2. The van der Waals surface area contributed by atoms with Crippen LogP contribution in [0.3, 0.4) is 0 Å². The first-order valence-electron chi connectivity index (χ1n) is 6.39. The molecule has 0 saturated heterocycles. The lowest BCUT2D eigenvalue weighted by molar-refractivity contribution is -0.143. The molecule has 0 aromatic heterocycles. The van der Waals surface area contributed by atoms with Crippen LogP contribution < -0.4 is 10.6 Å². The van der Waals surface area contributed by atoms with E-state index in [0.29, 0.717) is 11.3 Å². The molecular weight excluding hydrogens is 276 g/mol. The molecule has 0 aliphatic heterocycles. The third-order valence-electron chi connectivity index (χ3n) is 2.29. The molecule has 0 saturated carbocycles. The summed E-state index contributed by atoms with van der Waals surface area (Å²) in [5.74, 6) is -1.86. The zero-order chi connectivity index (χ0) is 15.8. The Bertz CT molecular complexity index is 528. The number of carbonyl (C=O) groups is 3. The van der Waals surface area contributed by atoms with E-state index in [0.717, 1.165) is 0 Å². The molecule has 0 aliphatic carbocycles. The van der Waals surface area contributed by atoms with Gasteiger partial charge in [0.15, 0.2) is 0 Å². The average Bonchev–Trinajstić information content (AvgIpc) is 2.37. The van der Waals surface area contributed by atoms with Crippen LogP contribution >= 0.6 is 0 Å². The van der Waals surface area contributed by atoms with Crippen LogP contribution in [-0.4, -0.2) is 42.1 Å². The van der Waals surface area contributed by atoms with Crippen LogP contribution in [-0.2, 0) is 14.3 Å². The van der Waals surface area contributed by atoms with Crippen LogP contribution in [0.4, 0.5) is 5.69 Å². The predicted octanol–water partition coefficient (Wildman–Crippen LogP) is 0.864. The van der Waals surface area contributed by atoms with E-state index < -0.39 is 18.5 Å². The summed E-state index contributed by atoms with van der Waals surface area (Å²) >= 11 is 0. The molecule has 1 aromatic rings. The Morgan fingerprint density at radius 1 is 1.24 bits per heavy atom. The molecule has 0 unspecified atom stereocenters. The molecular formula is C14H18N2O5. The van der Waals surface area contributed by atoms with Gasteiger partial charge in [-0.3, -0.25) is 9.59 Å². The monoisotopic (exact) mass is 294 g/mol. The van der Waals surface area contributed by atoms with Crippen LogP contribution in [0.1, 0.15) is 24.2 Å². The van der Waals surface area contributed by atoms with Gasteiger partial charge in [-0.05, 0) is 32.0 Å². The van der Waals surface area contributed by atoms with Gasteiger partial charge in [0, 0.05) is 17.3 Å². The molecule has 0 fully saturated rings. The van der Waals surface area contributed by atoms with Crippen LogP contribution in [0.5, 0.6) is 0 Å². The standard InChI is InChI=1S/C14H18N2O5/c1-9(2)15-14(20)10-4-3-5-11(6-10)16-12(17)7-21-8-13(18)19/h3-6,9H,7-8H2,1-2H3,(H,15,20)(H,16,17)(H,18,19). The highest BCUT2D eigenvalue weighted by Crippen LogP contribution is 2.10. The molecule has 2 amide bonds. The van der Waals surface area contributed by atoms with Gasteiger partial charge in [-0.15, -0.1) is 0 Å². The molecule has 21 heavy (non-hydrogen) atoms. The molecule has 1 rings (SSSR count). The lowest BCUT2D eigenvalue weighted by Crippen LogP contribution is -2.30. The van der Waals surface area contributed by atoms with Gasteiger partial charge in [0.25, 0.3) is 5.91 Å². The minimum Gasteiger partial charge on any atom is -0.480 e. The van der Waals surface area contributed by atoms with Gasteiger partial charge in [-0.1, -0.05) is 6.07 Å². The Kier molecular flexibility index (Phi) is 6.35. The van der Waals surface area contributed by atoms with Crippen LogP contribution in [0.15, 0.2) is 24.3 Å². The van der Waals surface area contributed by atoms with Gasteiger partial charge in [-0.25, -0.2) is 4.79 Å². The number of ether oxygens (including phenoxy) is 1. The topological polar surface area (TPSA) is 105 Å². The van der Waals surface area contributed by atoms with Crippen molar-refractivity contribution in [2.24, 2.45) is 0 Å². The van der Waals surface area contributed by atoms with E-state index in [1.807, 2.05) is 13.8 Å². The number of rotatable bonds is 7. The zero-order valence-electron chi connectivity index (χ0n) is 11.9. The van der Waals surface area contributed by atoms with Crippen molar-refractivity contribution >= 4 is 23.5 Å². The van der Waals surface area contributed by atoms with Crippen molar-refractivity contribution in [3.05, 3.63) is 29.8 Å². The highest BCUT2D eigenvalue weighted by Gasteiger charge is 2.09. The molecule has 0 aliphatic rings. The molecule has 0 bridgehead atoms. The number of hydrogen-bond donors (Lipinski definition) is 3. The number of carboxylic acid groups (broad SMARTS) is 1. The minimum atomic E-state index is -1.14. The zero-order valence-corrected chi connectivity index (χ0v) is 11.9. The van der Waals surface area contributed by atoms with Gasteiger partial charge in [0.1, 0.15) is 13.2 Å². The summed E-state index contributed by atoms with van der Waals surface area (Å²) in [6, 6.07) is 6.45. The summed E-state index contributed by atoms with van der Waals surface area (Å²) in [6.07, 6.45) is 0. The third kappa shape index (κ3) is 6.53. The minimum absolute atomic E-state index is 0.0140. The summed E-state index contributed by atoms with van der Waals surface area (Å²) in [6.45, 7) is 2.80. The first-order chi connectivity index (χ1) is 9.88. The Labute approximate surface area is 122 Å². The number of amides is 2.